The maximum absolute atomic E-state index is 14.9. The third-order valence-electron chi connectivity index (χ3n) is 6.06. The number of nitrogens with one attached hydrogen (secondary N) is 3. The molecule has 0 aromatic heterocycles. The summed E-state index contributed by atoms with van der Waals surface area (Å²) in [4.78, 5) is 17.2. The third kappa shape index (κ3) is 9.71. The summed E-state index contributed by atoms with van der Waals surface area (Å²) in [6.45, 7) is 12.8. The highest BCUT2D eigenvalue weighted by Gasteiger charge is 2.40. The fraction of sp³-hybridized carbons (Fsp3) is 0.481. The summed E-state index contributed by atoms with van der Waals surface area (Å²) in [6.07, 6.45) is 2.53. The number of rotatable bonds is 14. The number of hydrogen-bond donors (Lipinski definition) is 3. The molecule has 1 amide bonds. The van der Waals surface area contributed by atoms with E-state index >= 15 is 0 Å². The van der Waals surface area contributed by atoms with Crippen molar-refractivity contribution in [2.45, 2.75) is 58.0 Å². The minimum Gasteiger partial charge on any atom is -0.319 e. The summed E-state index contributed by atoms with van der Waals surface area (Å²) in [5.74, 6) is -1.25. The van der Waals surface area contributed by atoms with Crippen LogP contribution in [0.2, 0.25) is 5.02 Å². The van der Waals surface area contributed by atoms with Gasteiger partial charge in [0.15, 0.2) is 0 Å². The average Bonchev–Trinajstić information content (AvgIpc) is 2.81. The van der Waals surface area contributed by atoms with Crippen molar-refractivity contribution in [3.8, 4) is 6.57 Å². The van der Waals surface area contributed by atoms with E-state index in [4.69, 9.17) is 18.2 Å². The van der Waals surface area contributed by atoms with E-state index < -0.39 is 33.8 Å². The molecule has 7 nitrogen and oxygen atoms in total. The quantitative estimate of drug-likeness (QED) is 0.287. The van der Waals surface area contributed by atoms with Gasteiger partial charge in [0, 0.05) is 28.9 Å². The van der Waals surface area contributed by atoms with Crippen LogP contribution in [0, 0.1) is 18.3 Å². The van der Waals surface area contributed by atoms with Crippen molar-refractivity contribution in [1.29, 1.82) is 0 Å². The SMILES string of the molecule is C#[N+]C(C(=O)Nc1cccc(F)c1CCC(CNCCC)NS(C)(=O)=O)C(c1ccc(Cl)cc1)C(C)C. The minimum absolute atomic E-state index is 0.0228. The van der Waals surface area contributed by atoms with Gasteiger partial charge in [0.2, 0.25) is 10.0 Å². The van der Waals surface area contributed by atoms with Gasteiger partial charge in [0.05, 0.1) is 12.2 Å². The summed E-state index contributed by atoms with van der Waals surface area (Å²) in [6, 6.07) is 10.3. The molecular formula is C27H37ClFN4O3S+. The van der Waals surface area contributed by atoms with Crippen molar-refractivity contribution in [3.63, 3.8) is 0 Å². The molecule has 3 unspecified atom stereocenters. The van der Waals surface area contributed by atoms with Crippen LogP contribution in [0.4, 0.5) is 10.1 Å². The van der Waals surface area contributed by atoms with Crippen LogP contribution in [-0.2, 0) is 21.2 Å². The number of hydrogen-bond acceptors (Lipinski definition) is 4. The zero-order chi connectivity index (χ0) is 27.6. The zero-order valence-electron chi connectivity index (χ0n) is 21.8. The molecule has 0 radical (unpaired) electrons. The largest absolute Gasteiger partial charge is 0.355 e. The Kier molecular flexibility index (Phi) is 12.0. The molecule has 2 aromatic rings. The van der Waals surface area contributed by atoms with E-state index in [9.17, 15) is 17.6 Å². The van der Waals surface area contributed by atoms with Crippen molar-refractivity contribution in [2.75, 3.05) is 24.7 Å². The van der Waals surface area contributed by atoms with Crippen LogP contribution >= 0.6 is 11.6 Å². The maximum Gasteiger partial charge on any atom is 0.355 e. The highest BCUT2D eigenvalue weighted by Crippen LogP contribution is 2.32. The van der Waals surface area contributed by atoms with Gasteiger partial charge in [-0.3, -0.25) is 4.79 Å². The molecular weight excluding hydrogens is 515 g/mol. The Balaban J connectivity index is 2.26. The van der Waals surface area contributed by atoms with Crippen LogP contribution in [-0.4, -0.2) is 45.8 Å². The standard InChI is InChI=1S/C27H36ClFN4O3S/c1-6-16-31-17-21(33-37(5,35)36)14-15-22-23(29)8-7-9-24(22)32-27(34)26(30-4)25(18(2)3)19-10-12-20(28)13-11-19/h4,7-13,18,21,25-26,31,33H,6,14-17H2,1-3,5H3/p+1. The van der Waals surface area contributed by atoms with E-state index in [-0.39, 0.29) is 23.8 Å². The van der Waals surface area contributed by atoms with Crippen molar-refractivity contribution < 1.29 is 17.6 Å². The second-order valence-corrected chi connectivity index (χ2v) is 11.7. The second kappa shape index (κ2) is 14.4. The number of carbonyl (C=O) groups is 1. The monoisotopic (exact) mass is 551 g/mol. The van der Waals surface area contributed by atoms with Crippen LogP contribution in [0.25, 0.3) is 4.85 Å². The Bertz CT molecular complexity index is 1180. The van der Waals surface area contributed by atoms with Gasteiger partial charge in [0.1, 0.15) is 5.82 Å². The molecule has 37 heavy (non-hydrogen) atoms. The van der Waals surface area contributed by atoms with Gasteiger partial charge < -0.3 is 10.6 Å². The lowest BCUT2D eigenvalue weighted by atomic mass is 9.82. The van der Waals surface area contributed by atoms with Crippen LogP contribution in [0.5, 0.6) is 0 Å². The highest BCUT2D eigenvalue weighted by molar-refractivity contribution is 7.88. The molecule has 202 valence electrons. The van der Waals surface area contributed by atoms with Crippen molar-refractivity contribution >= 4 is 33.2 Å². The average molecular weight is 552 g/mol. The van der Waals surface area contributed by atoms with Gasteiger partial charge in [-0.05, 0) is 61.6 Å². The third-order valence-corrected chi connectivity index (χ3v) is 7.07. The fourth-order valence-corrected chi connectivity index (χ4v) is 5.29. The molecule has 2 aromatic carbocycles. The predicted molar refractivity (Wildman–Crippen MR) is 149 cm³/mol. The summed E-state index contributed by atoms with van der Waals surface area (Å²) >= 11 is 6.03. The van der Waals surface area contributed by atoms with E-state index in [0.717, 1.165) is 24.8 Å². The van der Waals surface area contributed by atoms with E-state index in [1.807, 2.05) is 32.9 Å². The highest BCUT2D eigenvalue weighted by atomic mass is 35.5. The number of sulfonamides is 1. The van der Waals surface area contributed by atoms with E-state index in [1.165, 1.54) is 12.1 Å². The van der Waals surface area contributed by atoms with E-state index in [1.54, 1.807) is 18.2 Å². The summed E-state index contributed by atoms with van der Waals surface area (Å²) < 4.78 is 41.2. The molecule has 0 bridgehead atoms. The molecule has 0 aliphatic carbocycles. The first-order valence-corrected chi connectivity index (χ1v) is 14.7. The Labute approximate surface area is 225 Å². The van der Waals surface area contributed by atoms with Gasteiger partial charge in [-0.2, -0.15) is 0 Å². The fourth-order valence-electron chi connectivity index (χ4n) is 4.35. The summed E-state index contributed by atoms with van der Waals surface area (Å²) in [7, 11) is -3.45. The number of benzene rings is 2. The lowest BCUT2D eigenvalue weighted by Gasteiger charge is -2.22. The van der Waals surface area contributed by atoms with E-state index in [0.29, 0.717) is 23.7 Å². The first-order chi connectivity index (χ1) is 17.5. The molecule has 3 atom stereocenters. The Morgan fingerprint density at radius 3 is 2.41 bits per heavy atom. The van der Waals surface area contributed by atoms with Crippen molar-refractivity contribution in [2.24, 2.45) is 5.92 Å². The Hall–Kier alpha value is -2.51. The number of halogens is 2. The maximum atomic E-state index is 14.9. The molecule has 3 N–H and O–H groups in total. The van der Waals surface area contributed by atoms with Crippen LogP contribution < -0.4 is 15.4 Å². The van der Waals surface area contributed by atoms with Gasteiger partial charge in [0.25, 0.3) is 6.57 Å². The van der Waals surface area contributed by atoms with Crippen LogP contribution in [0.15, 0.2) is 42.5 Å². The second-order valence-electron chi connectivity index (χ2n) is 9.50. The topological polar surface area (TPSA) is 91.7 Å². The molecule has 0 saturated heterocycles. The van der Waals surface area contributed by atoms with Crippen LogP contribution in [0.1, 0.15) is 50.7 Å². The van der Waals surface area contributed by atoms with Crippen molar-refractivity contribution in [1.82, 2.24) is 10.0 Å². The minimum atomic E-state index is -3.45. The predicted octanol–water partition coefficient (Wildman–Crippen LogP) is 5.04. The molecule has 0 aliphatic heterocycles. The Morgan fingerprint density at radius 2 is 1.84 bits per heavy atom. The van der Waals surface area contributed by atoms with Crippen molar-refractivity contribution in [3.05, 3.63) is 69.3 Å². The van der Waals surface area contributed by atoms with Gasteiger partial charge in [-0.15, -0.1) is 0 Å². The molecule has 0 heterocycles. The lowest BCUT2D eigenvalue weighted by Crippen LogP contribution is -2.42. The van der Waals surface area contributed by atoms with Gasteiger partial charge >= 0.3 is 11.9 Å². The number of anilines is 1. The molecule has 0 spiro atoms. The number of amides is 1. The summed E-state index contributed by atoms with van der Waals surface area (Å²) in [5.41, 5.74) is 1.45. The molecule has 10 heteroatoms. The molecule has 0 saturated carbocycles. The lowest BCUT2D eigenvalue weighted by molar-refractivity contribution is -0.117. The summed E-state index contributed by atoms with van der Waals surface area (Å²) in [5, 5.41) is 6.58. The molecule has 0 aliphatic rings. The van der Waals surface area contributed by atoms with Gasteiger partial charge in [-0.25, -0.2) is 17.5 Å². The van der Waals surface area contributed by atoms with Crippen LogP contribution in [0.3, 0.4) is 0 Å². The smallest absolute Gasteiger partial charge is 0.319 e. The number of nitrogens with zero attached hydrogens (tertiary/aromatic N) is 1. The first kappa shape index (κ1) is 30.7. The normalized spacial score (nSPS) is 14.1. The Morgan fingerprint density at radius 1 is 1.16 bits per heavy atom. The molecule has 0 fully saturated rings. The van der Waals surface area contributed by atoms with E-state index in [2.05, 4.69) is 20.2 Å². The number of carbonyl (C=O) groups excluding carboxylic acids is 1. The zero-order valence-corrected chi connectivity index (χ0v) is 23.4. The van der Waals surface area contributed by atoms with Gasteiger partial charge in [-0.1, -0.05) is 55.4 Å². The first-order valence-electron chi connectivity index (χ1n) is 12.4. The molecule has 2 rings (SSSR count).